The van der Waals surface area contributed by atoms with Crippen molar-refractivity contribution < 1.29 is 9.53 Å². The quantitative estimate of drug-likeness (QED) is 0.529. The third kappa shape index (κ3) is 6.32. The van der Waals surface area contributed by atoms with Crippen LogP contribution in [-0.2, 0) is 6.42 Å². The van der Waals surface area contributed by atoms with Gasteiger partial charge in [0.15, 0.2) is 5.11 Å². The van der Waals surface area contributed by atoms with Crippen molar-refractivity contribution in [3.8, 4) is 5.75 Å². The van der Waals surface area contributed by atoms with E-state index in [2.05, 4.69) is 33.1 Å². The lowest BCUT2D eigenvalue weighted by molar-refractivity contribution is 0.0972. The van der Waals surface area contributed by atoms with Crippen LogP contribution in [0.1, 0.15) is 15.9 Å². The molecule has 0 fully saturated rings. The van der Waals surface area contributed by atoms with Gasteiger partial charge < -0.3 is 10.1 Å². The van der Waals surface area contributed by atoms with Gasteiger partial charge in [0.1, 0.15) is 5.75 Å². The molecular formula is C19H19BrN2O2S. The zero-order valence-corrected chi connectivity index (χ0v) is 16.0. The van der Waals surface area contributed by atoms with Crippen LogP contribution < -0.4 is 15.4 Å². The number of hydrogen-bond acceptors (Lipinski definition) is 3. The highest BCUT2D eigenvalue weighted by Gasteiger charge is 2.14. The highest BCUT2D eigenvalue weighted by molar-refractivity contribution is 9.10. The molecule has 0 bridgehead atoms. The third-order valence-corrected chi connectivity index (χ3v) is 4.05. The maximum atomic E-state index is 12.5. The SMILES string of the molecule is C=CCNC(=S)NC(=O)c1cc(Br)ccc1OCCc1ccccc1. The van der Waals surface area contributed by atoms with E-state index < -0.39 is 0 Å². The molecule has 0 heterocycles. The average molecular weight is 419 g/mol. The Bertz CT molecular complexity index is 750. The van der Waals surface area contributed by atoms with Gasteiger partial charge in [-0.25, -0.2) is 0 Å². The van der Waals surface area contributed by atoms with Crippen molar-refractivity contribution in [2.75, 3.05) is 13.2 Å². The highest BCUT2D eigenvalue weighted by Crippen LogP contribution is 2.23. The van der Waals surface area contributed by atoms with Gasteiger partial charge >= 0.3 is 0 Å². The first-order valence-corrected chi connectivity index (χ1v) is 8.96. The topological polar surface area (TPSA) is 50.4 Å². The number of nitrogens with one attached hydrogen (secondary N) is 2. The Hall–Kier alpha value is -2.18. The molecule has 2 aromatic carbocycles. The molecular weight excluding hydrogens is 400 g/mol. The minimum atomic E-state index is -0.322. The van der Waals surface area contributed by atoms with E-state index in [4.69, 9.17) is 17.0 Å². The molecule has 2 rings (SSSR count). The largest absolute Gasteiger partial charge is 0.492 e. The zero-order chi connectivity index (χ0) is 18.1. The molecule has 0 aliphatic heterocycles. The summed E-state index contributed by atoms with van der Waals surface area (Å²) < 4.78 is 6.61. The highest BCUT2D eigenvalue weighted by atomic mass is 79.9. The van der Waals surface area contributed by atoms with Crippen molar-refractivity contribution in [3.05, 3.63) is 76.8 Å². The summed E-state index contributed by atoms with van der Waals surface area (Å²) in [6.07, 6.45) is 2.42. The molecule has 0 saturated carbocycles. The van der Waals surface area contributed by atoms with E-state index in [9.17, 15) is 4.79 Å². The molecule has 1 amide bonds. The number of halogens is 1. The minimum absolute atomic E-state index is 0.250. The summed E-state index contributed by atoms with van der Waals surface area (Å²) in [6, 6.07) is 15.4. The zero-order valence-electron chi connectivity index (χ0n) is 13.6. The van der Waals surface area contributed by atoms with Gasteiger partial charge in [-0.1, -0.05) is 52.3 Å². The van der Waals surface area contributed by atoms with Gasteiger partial charge in [0.25, 0.3) is 5.91 Å². The van der Waals surface area contributed by atoms with Gasteiger partial charge in [0, 0.05) is 17.4 Å². The number of rotatable bonds is 7. The number of carbonyl (C=O) groups excluding carboxylic acids is 1. The van der Waals surface area contributed by atoms with E-state index in [1.165, 1.54) is 5.56 Å². The fourth-order valence-electron chi connectivity index (χ4n) is 2.11. The summed E-state index contributed by atoms with van der Waals surface area (Å²) in [7, 11) is 0. The Balaban J connectivity index is 2.02. The number of hydrogen-bond donors (Lipinski definition) is 2. The molecule has 0 radical (unpaired) electrons. The fraction of sp³-hybridized carbons (Fsp3) is 0.158. The van der Waals surface area contributed by atoms with Crippen LogP contribution in [-0.4, -0.2) is 24.2 Å². The molecule has 0 aliphatic rings. The van der Waals surface area contributed by atoms with Crippen molar-refractivity contribution in [1.82, 2.24) is 10.6 Å². The molecule has 25 heavy (non-hydrogen) atoms. The van der Waals surface area contributed by atoms with Crippen molar-refractivity contribution in [2.24, 2.45) is 0 Å². The van der Waals surface area contributed by atoms with Crippen LogP contribution in [0.25, 0.3) is 0 Å². The number of benzene rings is 2. The molecule has 0 spiro atoms. The predicted molar refractivity (Wildman–Crippen MR) is 108 cm³/mol. The molecule has 0 atom stereocenters. The lowest BCUT2D eigenvalue weighted by Gasteiger charge is -2.13. The number of thiocarbonyl (C=S) groups is 1. The first-order chi connectivity index (χ1) is 12.1. The molecule has 130 valence electrons. The van der Waals surface area contributed by atoms with Crippen molar-refractivity contribution in [3.63, 3.8) is 0 Å². The van der Waals surface area contributed by atoms with E-state index in [1.54, 1.807) is 18.2 Å². The minimum Gasteiger partial charge on any atom is -0.492 e. The van der Waals surface area contributed by atoms with E-state index in [-0.39, 0.29) is 11.0 Å². The lowest BCUT2D eigenvalue weighted by Crippen LogP contribution is -2.39. The van der Waals surface area contributed by atoms with Gasteiger partial charge in [-0.3, -0.25) is 10.1 Å². The maximum absolute atomic E-state index is 12.5. The van der Waals surface area contributed by atoms with E-state index in [1.807, 2.05) is 36.4 Å². The van der Waals surface area contributed by atoms with Gasteiger partial charge in [0.05, 0.1) is 12.2 Å². The second kappa shape index (κ2) is 9.96. The Labute approximate surface area is 161 Å². The van der Waals surface area contributed by atoms with E-state index in [0.29, 0.717) is 24.5 Å². The summed E-state index contributed by atoms with van der Waals surface area (Å²) in [4.78, 5) is 12.5. The number of carbonyl (C=O) groups is 1. The predicted octanol–water partition coefficient (Wildman–Crippen LogP) is 3.86. The summed E-state index contributed by atoms with van der Waals surface area (Å²) in [5.41, 5.74) is 1.60. The van der Waals surface area contributed by atoms with E-state index in [0.717, 1.165) is 10.9 Å². The van der Waals surface area contributed by atoms with Gasteiger partial charge in [0.2, 0.25) is 0 Å². The molecule has 0 aromatic heterocycles. The van der Waals surface area contributed by atoms with Crippen LogP contribution in [0, 0.1) is 0 Å². The van der Waals surface area contributed by atoms with Crippen molar-refractivity contribution >= 4 is 39.2 Å². The second-order valence-electron chi connectivity index (χ2n) is 5.18. The van der Waals surface area contributed by atoms with Crippen LogP contribution >= 0.6 is 28.1 Å². The molecule has 6 heteroatoms. The van der Waals surface area contributed by atoms with Gasteiger partial charge in [-0.05, 0) is 36.0 Å². The van der Waals surface area contributed by atoms with Gasteiger partial charge in [-0.15, -0.1) is 6.58 Å². The fourth-order valence-corrected chi connectivity index (χ4v) is 2.65. The van der Waals surface area contributed by atoms with Crippen molar-refractivity contribution in [1.29, 1.82) is 0 Å². The monoisotopic (exact) mass is 418 g/mol. The standard InChI is InChI=1S/C19H19BrN2O2S/c1-2-11-21-19(25)22-18(23)16-13-15(20)8-9-17(16)24-12-10-14-6-4-3-5-7-14/h2-9,13H,1,10-12H2,(H2,21,22,23,25). The molecule has 4 nitrogen and oxygen atoms in total. The summed E-state index contributed by atoms with van der Waals surface area (Å²) in [5, 5.41) is 5.75. The first kappa shape index (κ1) is 19.1. The Morgan fingerprint density at radius 1 is 1.24 bits per heavy atom. The molecule has 2 N–H and O–H groups in total. The van der Waals surface area contributed by atoms with Crippen LogP contribution in [0.3, 0.4) is 0 Å². The average Bonchev–Trinajstić information content (AvgIpc) is 2.62. The Kier molecular flexibility index (Phi) is 7.63. The lowest BCUT2D eigenvalue weighted by atomic mass is 10.1. The molecule has 0 aliphatic carbocycles. The van der Waals surface area contributed by atoms with E-state index >= 15 is 0 Å². The smallest absolute Gasteiger partial charge is 0.261 e. The van der Waals surface area contributed by atoms with Crippen LogP contribution in [0.5, 0.6) is 5.75 Å². The molecule has 0 unspecified atom stereocenters. The molecule has 2 aromatic rings. The summed E-state index contributed by atoms with van der Waals surface area (Å²) in [5.74, 6) is 0.195. The third-order valence-electron chi connectivity index (χ3n) is 3.31. The molecule has 0 saturated heterocycles. The van der Waals surface area contributed by atoms with Crippen LogP contribution in [0.4, 0.5) is 0 Å². The Morgan fingerprint density at radius 3 is 2.72 bits per heavy atom. The second-order valence-corrected chi connectivity index (χ2v) is 6.50. The maximum Gasteiger partial charge on any atom is 0.261 e. The number of ether oxygens (including phenoxy) is 1. The van der Waals surface area contributed by atoms with Crippen LogP contribution in [0.15, 0.2) is 65.7 Å². The first-order valence-electron chi connectivity index (χ1n) is 7.76. The summed E-state index contributed by atoms with van der Waals surface area (Å²) in [6.45, 7) is 4.55. The van der Waals surface area contributed by atoms with Crippen molar-refractivity contribution in [2.45, 2.75) is 6.42 Å². The van der Waals surface area contributed by atoms with Crippen LogP contribution in [0.2, 0.25) is 0 Å². The normalized spacial score (nSPS) is 9.96. The Morgan fingerprint density at radius 2 is 2.00 bits per heavy atom. The van der Waals surface area contributed by atoms with Gasteiger partial charge in [-0.2, -0.15) is 0 Å². The summed E-state index contributed by atoms with van der Waals surface area (Å²) >= 11 is 8.46. The number of amides is 1.